The van der Waals surface area contributed by atoms with Crippen molar-refractivity contribution in [1.82, 2.24) is 19.7 Å². The van der Waals surface area contributed by atoms with E-state index in [1.54, 1.807) is 12.1 Å². The quantitative estimate of drug-likeness (QED) is 0.131. The van der Waals surface area contributed by atoms with Crippen LogP contribution in [0.15, 0.2) is 84.5 Å². The smallest absolute Gasteiger partial charge is 0.340 e. The highest BCUT2D eigenvalue weighted by molar-refractivity contribution is 7.99. The van der Waals surface area contributed by atoms with E-state index in [1.165, 1.54) is 30.2 Å². The Kier molecular flexibility index (Phi) is 7.85. The number of aryl methyl sites for hydroxylation is 1. The highest BCUT2D eigenvalue weighted by Gasteiger charge is 2.20. The van der Waals surface area contributed by atoms with E-state index in [0.29, 0.717) is 28.1 Å². The number of aromatic nitrogens is 4. The Labute approximate surface area is 233 Å². The van der Waals surface area contributed by atoms with Gasteiger partial charge >= 0.3 is 5.97 Å². The molecule has 2 aromatic carbocycles. The van der Waals surface area contributed by atoms with Crippen molar-refractivity contribution in [2.45, 2.75) is 18.6 Å². The number of amides is 1. The van der Waals surface area contributed by atoms with E-state index < -0.39 is 5.97 Å². The van der Waals surface area contributed by atoms with Gasteiger partial charge in [0, 0.05) is 27.9 Å². The highest BCUT2D eigenvalue weighted by Crippen LogP contribution is 2.33. The summed E-state index contributed by atoms with van der Waals surface area (Å²) in [5, 5.41) is 13.8. The molecule has 0 bridgehead atoms. The lowest BCUT2D eigenvalue weighted by Gasteiger charge is -2.12. The Morgan fingerprint density at radius 1 is 1.10 bits per heavy atom. The van der Waals surface area contributed by atoms with Crippen molar-refractivity contribution < 1.29 is 14.3 Å². The van der Waals surface area contributed by atoms with Gasteiger partial charge in [-0.15, -0.1) is 28.1 Å². The van der Waals surface area contributed by atoms with Gasteiger partial charge in [-0.2, -0.15) is 0 Å². The topological polar surface area (TPSA) is 99.0 Å². The van der Waals surface area contributed by atoms with E-state index in [0.717, 1.165) is 32.6 Å². The van der Waals surface area contributed by atoms with Crippen LogP contribution in [0.1, 0.15) is 15.2 Å². The van der Waals surface area contributed by atoms with Gasteiger partial charge in [0.2, 0.25) is 5.91 Å². The number of rotatable bonds is 9. The second kappa shape index (κ2) is 11.6. The minimum atomic E-state index is -0.489. The number of methoxy groups -OCH3 is 1. The number of benzene rings is 2. The van der Waals surface area contributed by atoms with Gasteiger partial charge in [0.25, 0.3) is 0 Å². The molecule has 5 rings (SSSR count). The molecule has 10 heteroatoms. The van der Waals surface area contributed by atoms with Gasteiger partial charge < -0.3 is 10.1 Å². The largest absolute Gasteiger partial charge is 0.465 e. The number of allylic oxidation sites excluding steroid dienone is 1. The predicted molar refractivity (Wildman–Crippen MR) is 156 cm³/mol. The Hall–Kier alpha value is -4.28. The third kappa shape index (κ3) is 5.62. The van der Waals surface area contributed by atoms with E-state index in [2.05, 4.69) is 22.1 Å². The van der Waals surface area contributed by atoms with Crippen LogP contribution in [0.3, 0.4) is 0 Å². The first kappa shape index (κ1) is 26.3. The Balaban J connectivity index is 1.45. The molecule has 0 fully saturated rings. The summed E-state index contributed by atoms with van der Waals surface area (Å²) in [5.74, 6) is -0.00543. The molecule has 0 aliphatic heterocycles. The van der Waals surface area contributed by atoms with Gasteiger partial charge in [-0.3, -0.25) is 9.36 Å². The van der Waals surface area contributed by atoms with E-state index in [-0.39, 0.29) is 11.7 Å². The summed E-state index contributed by atoms with van der Waals surface area (Å²) in [6, 6.07) is 21.6. The normalized spacial score (nSPS) is 10.9. The van der Waals surface area contributed by atoms with E-state index >= 15 is 0 Å². The predicted octanol–water partition coefficient (Wildman–Crippen LogP) is 6.23. The van der Waals surface area contributed by atoms with E-state index in [9.17, 15) is 9.59 Å². The van der Waals surface area contributed by atoms with Crippen LogP contribution < -0.4 is 5.32 Å². The molecular weight excluding hydrogens is 530 g/mol. The Bertz CT molecular complexity index is 1680. The molecule has 5 aromatic rings. The SMILES string of the molecule is C=CCn1c(SCC(=O)Nc2sc(C)cc2C(=O)OC)nnc1-c1cc(-c2ccccc2)nc2ccccc12. The second-order valence-electron chi connectivity index (χ2n) is 8.57. The molecule has 1 amide bonds. The Morgan fingerprint density at radius 3 is 2.64 bits per heavy atom. The van der Waals surface area contributed by atoms with Crippen molar-refractivity contribution in [3.05, 3.63) is 89.8 Å². The summed E-state index contributed by atoms with van der Waals surface area (Å²) in [5.41, 5.74) is 3.92. The zero-order valence-corrected chi connectivity index (χ0v) is 23.0. The molecule has 0 saturated carbocycles. The summed E-state index contributed by atoms with van der Waals surface area (Å²) < 4.78 is 6.77. The number of fused-ring (bicyclic) bond motifs is 1. The average molecular weight is 556 g/mol. The number of thioether (sulfide) groups is 1. The van der Waals surface area contributed by atoms with Gasteiger partial charge in [0.1, 0.15) is 5.00 Å². The second-order valence-corrected chi connectivity index (χ2v) is 10.8. The molecular formula is C29H25N5O3S2. The van der Waals surface area contributed by atoms with Crippen molar-refractivity contribution in [2.24, 2.45) is 0 Å². The maximum Gasteiger partial charge on any atom is 0.340 e. The molecule has 8 nitrogen and oxygen atoms in total. The van der Waals surface area contributed by atoms with E-state index in [4.69, 9.17) is 9.72 Å². The zero-order valence-electron chi connectivity index (χ0n) is 21.4. The number of pyridine rings is 1. The number of esters is 1. The molecule has 0 atom stereocenters. The van der Waals surface area contributed by atoms with Gasteiger partial charge in [0.05, 0.1) is 29.6 Å². The third-order valence-corrected chi connectivity index (χ3v) is 7.83. The van der Waals surface area contributed by atoms with Gasteiger partial charge in [-0.25, -0.2) is 9.78 Å². The highest BCUT2D eigenvalue weighted by atomic mass is 32.2. The molecule has 0 spiro atoms. The lowest BCUT2D eigenvalue weighted by atomic mass is 10.0. The van der Waals surface area contributed by atoms with Crippen LogP contribution in [0, 0.1) is 6.92 Å². The van der Waals surface area contributed by atoms with Crippen LogP contribution in [0.5, 0.6) is 0 Å². The summed E-state index contributed by atoms with van der Waals surface area (Å²) >= 11 is 2.59. The van der Waals surface area contributed by atoms with Crippen LogP contribution in [0.2, 0.25) is 0 Å². The fourth-order valence-electron chi connectivity index (χ4n) is 4.17. The molecule has 3 aromatic heterocycles. The molecule has 0 saturated heterocycles. The van der Waals surface area contributed by atoms with Crippen molar-refractivity contribution in [3.8, 4) is 22.6 Å². The fraction of sp³-hybridized carbons (Fsp3) is 0.138. The maximum absolute atomic E-state index is 12.8. The standard InChI is InChI=1S/C29H25N5O3S2/c1-4-14-34-26(21-16-24(19-10-6-5-7-11-19)30-23-13-9-8-12-20(21)23)32-33-29(34)38-17-25(35)31-27-22(28(36)37-3)15-18(2)39-27/h4-13,15-16H,1,14,17H2,2-3H3,(H,31,35). The van der Waals surface area contributed by atoms with Gasteiger partial charge in [0.15, 0.2) is 11.0 Å². The number of ether oxygens (including phenoxy) is 1. The monoisotopic (exact) mass is 555 g/mol. The summed E-state index contributed by atoms with van der Waals surface area (Å²) in [6.07, 6.45) is 1.77. The van der Waals surface area contributed by atoms with Gasteiger partial charge in [-0.05, 0) is 25.1 Å². The van der Waals surface area contributed by atoms with E-state index in [1.807, 2.05) is 72.2 Å². The van der Waals surface area contributed by atoms with Crippen LogP contribution in [0.4, 0.5) is 5.00 Å². The molecule has 0 unspecified atom stereocenters. The van der Waals surface area contributed by atoms with Gasteiger partial charge in [-0.1, -0.05) is 66.4 Å². The number of hydrogen-bond acceptors (Lipinski definition) is 8. The first-order valence-electron chi connectivity index (χ1n) is 12.1. The molecule has 1 N–H and O–H groups in total. The number of anilines is 1. The zero-order chi connectivity index (χ0) is 27.4. The van der Waals surface area contributed by atoms with Crippen LogP contribution in [0.25, 0.3) is 33.5 Å². The molecule has 0 aliphatic rings. The number of hydrogen-bond donors (Lipinski definition) is 1. The van der Waals surface area contributed by atoms with Crippen molar-refractivity contribution >= 4 is 50.9 Å². The average Bonchev–Trinajstić information content (AvgIpc) is 3.53. The lowest BCUT2D eigenvalue weighted by Crippen LogP contribution is -2.16. The first-order valence-corrected chi connectivity index (χ1v) is 13.9. The molecule has 39 heavy (non-hydrogen) atoms. The molecule has 3 heterocycles. The number of carbonyl (C=O) groups excluding carboxylic acids is 2. The molecule has 0 aliphatic carbocycles. The summed E-state index contributed by atoms with van der Waals surface area (Å²) in [6.45, 7) is 6.23. The van der Waals surface area contributed by atoms with Crippen LogP contribution in [-0.2, 0) is 16.1 Å². The fourth-order valence-corrected chi connectivity index (χ4v) is 5.83. The number of nitrogens with zero attached hydrogens (tertiary/aromatic N) is 4. The third-order valence-electron chi connectivity index (χ3n) is 5.90. The molecule has 0 radical (unpaired) electrons. The number of thiophene rings is 1. The number of carbonyl (C=O) groups is 2. The first-order chi connectivity index (χ1) is 19.0. The van der Waals surface area contributed by atoms with Crippen molar-refractivity contribution in [2.75, 3.05) is 18.2 Å². The minimum Gasteiger partial charge on any atom is -0.465 e. The minimum absolute atomic E-state index is 0.0825. The van der Waals surface area contributed by atoms with Crippen LogP contribution >= 0.6 is 23.1 Å². The Morgan fingerprint density at radius 2 is 1.87 bits per heavy atom. The van der Waals surface area contributed by atoms with Crippen molar-refractivity contribution in [1.29, 1.82) is 0 Å². The molecule has 196 valence electrons. The number of nitrogens with one attached hydrogen (secondary N) is 1. The number of para-hydroxylation sites is 1. The maximum atomic E-state index is 12.8. The van der Waals surface area contributed by atoms with Crippen LogP contribution in [-0.4, -0.2) is 44.5 Å². The van der Waals surface area contributed by atoms with Crippen molar-refractivity contribution in [3.63, 3.8) is 0 Å². The summed E-state index contributed by atoms with van der Waals surface area (Å²) in [4.78, 5) is 30.6. The lowest BCUT2D eigenvalue weighted by molar-refractivity contribution is -0.113. The summed E-state index contributed by atoms with van der Waals surface area (Å²) in [7, 11) is 1.32.